The number of benzene rings is 1. The molecule has 2 aliphatic rings. The monoisotopic (exact) mass is 342 g/mol. The maximum atomic E-state index is 12.7. The van der Waals surface area contributed by atoms with Gasteiger partial charge in [-0.05, 0) is 31.5 Å². The molecule has 7 heteroatoms. The molecule has 0 unspecified atom stereocenters. The lowest BCUT2D eigenvalue weighted by Gasteiger charge is -2.33. The van der Waals surface area contributed by atoms with Gasteiger partial charge in [-0.25, -0.2) is 0 Å². The van der Waals surface area contributed by atoms with Crippen molar-refractivity contribution in [2.75, 3.05) is 26.5 Å². The van der Waals surface area contributed by atoms with Gasteiger partial charge in [-0.2, -0.15) is 0 Å². The van der Waals surface area contributed by atoms with Crippen molar-refractivity contribution in [3.8, 4) is 11.5 Å². The van der Waals surface area contributed by atoms with Crippen molar-refractivity contribution < 1.29 is 19.0 Å². The lowest BCUT2D eigenvalue weighted by Crippen LogP contribution is -2.56. The van der Waals surface area contributed by atoms with Crippen molar-refractivity contribution in [1.82, 2.24) is 10.2 Å². The molecule has 1 aromatic rings. The topological polar surface area (TPSA) is 60.0 Å². The first-order valence-electron chi connectivity index (χ1n) is 7.71. The molecule has 3 rings (SSSR count). The van der Waals surface area contributed by atoms with Gasteiger partial charge in [-0.15, -0.1) is 12.4 Å². The Hall–Kier alpha value is -1.50. The number of hydrogen-bond donors (Lipinski definition) is 1. The predicted molar refractivity (Wildman–Crippen MR) is 88.1 cm³/mol. The van der Waals surface area contributed by atoms with E-state index in [1.54, 1.807) is 0 Å². The number of carbonyl (C=O) groups is 1. The smallest absolute Gasteiger partial charge is 0.242 e. The molecule has 0 spiro atoms. The maximum absolute atomic E-state index is 12.7. The number of amides is 1. The molecule has 2 atom stereocenters. The Bertz CT molecular complexity index is 555. The van der Waals surface area contributed by atoms with E-state index in [1.165, 1.54) is 0 Å². The van der Waals surface area contributed by atoms with Crippen LogP contribution in [0.3, 0.4) is 0 Å². The lowest BCUT2D eigenvalue weighted by molar-refractivity contribution is -0.139. The molecular weight excluding hydrogens is 320 g/mol. The van der Waals surface area contributed by atoms with E-state index in [2.05, 4.69) is 5.32 Å². The summed E-state index contributed by atoms with van der Waals surface area (Å²) in [6.45, 7) is 6.75. The van der Waals surface area contributed by atoms with Gasteiger partial charge in [0.05, 0.1) is 12.7 Å². The van der Waals surface area contributed by atoms with Gasteiger partial charge in [0.15, 0.2) is 11.5 Å². The van der Waals surface area contributed by atoms with E-state index in [4.69, 9.17) is 14.2 Å². The Kier molecular flexibility index (Phi) is 6.10. The van der Waals surface area contributed by atoms with Crippen LogP contribution in [0.5, 0.6) is 11.5 Å². The summed E-state index contributed by atoms with van der Waals surface area (Å²) in [4.78, 5) is 14.5. The van der Waals surface area contributed by atoms with Crippen LogP contribution in [0.15, 0.2) is 18.2 Å². The van der Waals surface area contributed by atoms with Gasteiger partial charge in [0.1, 0.15) is 6.04 Å². The molecule has 1 amide bonds. The van der Waals surface area contributed by atoms with E-state index in [1.807, 2.05) is 36.9 Å². The molecule has 1 saturated heterocycles. The first kappa shape index (κ1) is 17.8. The fourth-order valence-electron chi connectivity index (χ4n) is 2.81. The zero-order chi connectivity index (χ0) is 15.5. The fraction of sp³-hybridized carbons (Fsp3) is 0.562. The van der Waals surface area contributed by atoms with E-state index >= 15 is 0 Å². The second-order valence-corrected chi connectivity index (χ2v) is 5.55. The Morgan fingerprint density at radius 1 is 1.35 bits per heavy atom. The van der Waals surface area contributed by atoms with E-state index < -0.39 is 0 Å². The second kappa shape index (κ2) is 7.86. The van der Waals surface area contributed by atoms with Crippen LogP contribution in [-0.2, 0) is 16.1 Å². The zero-order valence-electron chi connectivity index (χ0n) is 13.4. The third-order valence-corrected chi connectivity index (χ3v) is 4.09. The molecule has 128 valence electrons. The first-order valence-corrected chi connectivity index (χ1v) is 7.71. The summed E-state index contributed by atoms with van der Waals surface area (Å²) < 4.78 is 16.3. The molecule has 0 bridgehead atoms. The highest BCUT2D eigenvalue weighted by molar-refractivity contribution is 5.85. The Morgan fingerprint density at radius 3 is 2.87 bits per heavy atom. The first-order chi connectivity index (χ1) is 10.7. The van der Waals surface area contributed by atoms with Crippen molar-refractivity contribution in [1.29, 1.82) is 0 Å². The number of rotatable bonds is 4. The molecule has 6 nitrogen and oxygen atoms in total. The summed E-state index contributed by atoms with van der Waals surface area (Å²) in [5.74, 6) is 1.58. The Labute approximate surface area is 142 Å². The number of nitrogens with one attached hydrogen (secondary N) is 1. The summed E-state index contributed by atoms with van der Waals surface area (Å²) in [6, 6.07) is 5.52. The van der Waals surface area contributed by atoms with Gasteiger partial charge >= 0.3 is 0 Å². The average Bonchev–Trinajstić information content (AvgIpc) is 3.00. The van der Waals surface area contributed by atoms with Crippen LogP contribution in [0.25, 0.3) is 0 Å². The molecule has 23 heavy (non-hydrogen) atoms. The van der Waals surface area contributed by atoms with Crippen LogP contribution >= 0.6 is 12.4 Å². The molecule has 0 aromatic heterocycles. The number of fused-ring (bicyclic) bond motifs is 1. The average molecular weight is 343 g/mol. The fourth-order valence-corrected chi connectivity index (χ4v) is 2.81. The van der Waals surface area contributed by atoms with Gasteiger partial charge < -0.3 is 24.4 Å². The third-order valence-electron chi connectivity index (χ3n) is 4.09. The Balaban J connectivity index is 0.00000192. The van der Waals surface area contributed by atoms with Gasteiger partial charge in [-0.1, -0.05) is 6.07 Å². The predicted octanol–water partition coefficient (Wildman–Crippen LogP) is 1.56. The van der Waals surface area contributed by atoms with E-state index in [9.17, 15) is 4.79 Å². The maximum Gasteiger partial charge on any atom is 0.242 e. The molecule has 2 heterocycles. The molecule has 0 aliphatic carbocycles. The van der Waals surface area contributed by atoms with Crippen LogP contribution in [0.1, 0.15) is 19.4 Å². The molecule has 1 N–H and O–H groups in total. The number of morpholine rings is 1. The number of halogens is 1. The molecule has 2 aliphatic heterocycles. The van der Waals surface area contributed by atoms with Gasteiger partial charge in [-0.3, -0.25) is 4.79 Å². The summed E-state index contributed by atoms with van der Waals surface area (Å²) in [6.07, 6.45) is -0.105. The van der Waals surface area contributed by atoms with E-state index in [-0.39, 0.29) is 37.3 Å². The highest BCUT2D eigenvalue weighted by Gasteiger charge is 2.31. The van der Waals surface area contributed by atoms with Gasteiger partial charge in [0.25, 0.3) is 0 Å². The van der Waals surface area contributed by atoms with Crippen LogP contribution in [0, 0.1) is 0 Å². The molecular formula is C16H23ClN2O4. The van der Waals surface area contributed by atoms with Crippen LogP contribution in [-0.4, -0.2) is 49.4 Å². The highest BCUT2D eigenvalue weighted by atomic mass is 35.5. The SMILES string of the molecule is CCN(Cc1ccc2c(c1)OCO2)C(=O)[C@H]1NCCO[C@@H]1C.Cl. The molecule has 1 aromatic carbocycles. The molecule has 1 fully saturated rings. The van der Waals surface area contributed by atoms with Crippen molar-refractivity contribution in [3.05, 3.63) is 23.8 Å². The number of nitrogens with zero attached hydrogens (tertiary/aromatic N) is 1. The second-order valence-electron chi connectivity index (χ2n) is 5.55. The van der Waals surface area contributed by atoms with Gasteiger partial charge in [0, 0.05) is 19.6 Å². The number of hydrogen-bond acceptors (Lipinski definition) is 5. The standard InChI is InChI=1S/C16H22N2O4.ClH/c1-3-18(16(19)15-11(2)20-7-6-17-15)9-12-4-5-13-14(8-12)22-10-21-13;/h4-5,8,11,15,17H,3,6-7,9-10H2,1-2H3;1H/t11-,15+;/m1./s1. The normalized spacial score (nSPS) is 22.3. The largest absolute Gasteiger partial charge is 0.454 e. The third kappa shape index (κ3) is 3.88. The molecule has 0 radical (unpaired) electrons. The Morgan fingerprint density at radius 2 is 2.13 bits per heavy atom. The summed E-state index contributed by atoms with van der Waals surface area (Å²) in [5, 5.41) is 3.25. The number of likely N-dealkylation sites (N-methyl/N-ethyl adjacent to an activating group) is 1. The summed E-state index contributed by atoms with van der Waals surface area (Å²) in [7, 11) is 0. The van der Waals surface area contributed by atoms with Crippen LogP contribution < -0.4 is 14.8 Å². The van der Waals surface area contributed by atoms with Crippen molar-refractivity contribution in [2.45, 2.75) is 32.5 Å². The van der Waals surface area contributed by atoms with Crippen LogP contribution in [0.2, 0.25) is 0 Å². The number of carbonyl (C=O) groups excluding carboxylic acids is 1. The minimum absolute atomic E-state index is 0. The van der Waals surface area contributed by atoms with Crippen molar-refractivity contribution in [3.63, 3.8) is 0 Å². The molecule has 0 saturated carbocycles. The minimum atomic E-state index is -0.275. The summed E-state index contributed by atoms with van der Waals surface area (Å²) in [5.41, 5.74) is 1.03. The van der Waals surface area contributed by atoms with E-state index in [0.717, 1.165) is 17.1 Å². The highest BCUT2D eigenvalue weighted by Crippen LogP contribution is 2.32. The van der Waals surface area contributed by atoms with Crippen LogP contribution in [0.4, 0.5) is 0 Å². The number of ether oxygens (including phenoxy) is 3. The van der Waals surface area contributed by atoms with Crippen molar-refractivity contribution >= 4 is 18.3 Å². The van der Waals surface area contributed by atoms with Crippen molar-refractivity contribution in [2.24, 2.45) is 0 Å². The van der Waals surface area contributed by atoms with E-state index in [0.29, 0.717) is 26.2 Å². The minimum Gasteiger partial charge on any atom is -0.454 e. The summed E-state index contributed by atoms with van der Waals surface area (Å²) >= 11 is 0. The lowest BCUT2D eigenvalue weighted by atomic mass is 10.1. The quantitative estimate of drug-likeness (QED) is 0.900. The zero-order valence-corrected chi connectivity index (χ0v) is 14.2. The van der Waals surface area contributed by atoms with Gasteiger partial charge in [0.2, 0.25) is 12.7 Å².